The lowest BCUT2D eigenvalue weighted by molar-refractivity contribution is -0.124. The topological polar surface area (TPSA) is 29.1 Å². The van der Waals surface area contributed by atoms with Gasteiger partial charge in [-0.15, -0.1) is 0 Å². The van der Waals surface area contributed by atoms with Crippen molar-refractivity contribution in [2.75, 3.05) is 0 Å². The quantitative estimate of drug-likeness (QED) is 0.732. The van der Waals surface area contributed by atoms with E-state index in [1.807, 2.05) is 6.92 Å². The summed E-state index contributed by atoms with van der Waals surface area (Å²) >= 11 is 2.34. The van der Waals surface area contributed by atoms with Gasteiger partial charge in [0.15, 0.2) is 0 Å². The zero-order valence-electron chi connectivity index (χ0n) is 13.3. The molecule has 2 heterocycles. The number of nitrogens with one attached hydrogen (secondary N) is 1. The van der Waals surface area contributed by atoms with Crippen molar-refractivity contribution in [1.29, 1.82) is 0 Å². The van der Waals surface area contributed by atoms with E-state index in [1.165, 1.54) is 21.1 Å². The van der Waals surface area contributed by atoms with E-state index in [9.17, 15) is 4.79 Å². The summed E-state index contributed by atoms with van der Waals surface area (Å²) in [6, 6.07) is 9.84. The second-order valence-electron chi connectivity index (χ2n) is 6.63. The Labute approximate surface area is 146 Å². The molecule has 118 valence electrons. The van der Waals surface area contributed by atoms with Gasteiger partial charge in [0.2, 0.25) is 0 Å². The number of carbonyl (C=O) groups excluding carboxylic acids is 1. The summed E-state index contributed by atoms with van der Waals surface area (Å²) in [6.45, 7) is 4.10. The Morgan fingerprint density at radius 2 is 2.05 bits per heavy atom. The molecule has 0 aromatic heterocycles. The summed E-state index contributed by atoms with van der Waals surface area (Å²) < 4.78 is 1.28. The Balaban J connectivity index is 1.87. The van der Waals surface area contributed by atoms with Crippen LogP contribution in [0.1, 0.15) is 56.6 Å². The number of benzene rings is 1. The van der Waals surface area contributed by atoms with Gasteiger partial charge < -0.3 is 5.32 Å². The highest BCUT2D eigenvalue weighted by Crippen LogP contribution is 2.42. The van der Waals surface area contributed by atoms with Gasteiger partial charge in [-0.25, -0.2) is 0 Å². The smallest absolute Gasteiger partial charge is 0.137 e. The Morgan fingerprint density at radius 3 is 2.68 bits per heavy atom. The molecule has 22 heavy (non-hydrogen) atoms. The first-order chi connectivity index (χ1) is 10.6. The highest BCUT2D eigenvalue weighted by molar-refractivity contribution is 14.1. The van der Waals surface area contributed by atoms with E-state index in [2.05, 4.69) is 65.2 Å². The maximum absolute atomic E-state index is 12.5. The fraction of sp³-hybridized carbons (Fsp3) is 0.526. The minimum absolute atomic E-state index is 0.163. The van der Waals surface area contributed by atoms with Gasteiger partial charge in [0, 0.05) is 24.4 Å². The summed E-state index contributed by atoms with van der Waals surface area (Å²) in [5, 5.41) is 3.66. The molecule has 2 aliphatic rings. The molecule has 0 saturated carbocycles. The van der Waals surface area contributed by atoms with Crippen LogP contribution in [0.15, 0.2) is 27.8 Å². The van der Waals surface area contributed by atoms with Crippen LogP contribution in [-0.4, -0.2) is 17.9 Å². The predicted octanol–water partition coefficient (Wildman–Crippen LogP) is 4.69. The third-order valence-electron chi connectivity index (χ3n) is 5.13. The van der Waals surface area contributed by atoms with Gasteiger partial charge in [-0.1, -0.05) is 31.2 Å². The van der Waals surface area contributed by atoms with Crippen LogP contribution in [0.2, 0.25) is 0 Å². The van der Waals surface area contributed by atoms with E-state index in [0.29, 0.717) is 30.2 Å². The van der Waals surface area contributed by atoms with E-state index in [1.54, 1.807) is 0 Å². The second-order valence-corrected chi connectivity index (χ2v) is 8.33. The van der Waals surface area contributed by atoms with Gasteiger partial charge in [0.05, 0.1) is 0 Å². The van der Waals surface area contributed by atoms with Crippen molar-refractivity contribution >= 4 is 34.5 Å². The standard InChI is InChI=1S/C19H24INO/c1-3-18(22)19-16(11-15-8-9-17(19)21-15)14-6-4-13(5-7-14)10-12(2)20/h4-7,10,15-17,19,21H,3,8-9,11H2,1-2H3/b12-10+/t15?,16-,17?,19+/m1/s1. The maximum atomic E-state index is 12.5. The molecule has 1 N–H and O–H groups in total. The summed E-state index contributed by atoms with van der Waals surface area (Å²) in [5.74, 6) is 0.983. The molecule has 0 spiro atoms. The first kappa shape index (κ1) is 16.2. The number of fused-ring (bicyclic) bond motifs is 2. The molecule has 3 rings (SSSR count). The minimum atomic E-state index is 0.163. The van der Waals surface area contributed by atoms with Gasteiger partial charge in [-0.2, -0.15) is 0 Å². The summed E-state index contributed by atoms with van der Waals surface area (Å²) in [5.41, 5.74) is 2.58. The Hall–Kier alpha value is -0.680. The zero-order valence-corrected chi connectivity index (χ0v) is 15.5. The van der Waals surface area contributed by atoms with Crippen LogP contribution in [0.3, 0.4) is 0 Å². The van der Waals surface area contributed by atoms with Crippen molar-refractivity contribution < 1.29 is 4.79 Å². The van der Waals surface area contributed by atoms with Crippen LogP contribution in [0.4, 0.5) is 0 Å². The normalized spacial score (nSPS) is 31.3. The van der Waals surface area contributed by atoms with Crippen LogP contribution in [-0.2, 0) is 4.79 Å². The molecule has 2 fully saturated rings. The minimum Gasteiger partial charge on any atom is -0.310 e. The molecular formula is C19H24INO. The van der Waals surface area contributed by atoms with Crippen molar-refractivity contribution in [2.24, 2.45) is 5.92 Å². The van der Waals surface area contributed by atoms with Crippen molar-refractivity contribution in [2.45, 2.75) is 57.5 Å². The molecular weight excluding hydrogens is 385 g/mol. The first-order valence-electron chi connectivity index (χ1n) is 8.31. The molecule has 4 atom stereocenters. The largest absolute Gasteiger partial charge is 0.310 e. The Bertz CT molecular complexity index is 574. The Morgan fingerprint density at radius 1 is 1.32 bits per heavy atom. The molecule has 0 aliphatic carbocycles. The van der Waals surface area contributed by atoms with Crippen molar-refractivity contribution in [1.82, 2.24) is 5.32 Å². The lowest BCUT2D eigenvalue weighted by atomic mass is 9.74. The van der Waals surface area contributed by atoms with E-state index < -0.39 is 0 Å². The summed E-state index contributed by atoms with van der Waals surface area (Å²) in [7, 11) is 0. The molecule has 2 nitrogen and oxygen atoms in total. The number of Topliss-reactive ketones (excluding diaryl/α,β-unsaturated/α-hetero) is 1. The van der Waals surface area contributed by atoms with Gasteiger partial charge in [0.25, 0.3) is 0 Å². The third kappa shape index (κ3) is 3.30. The van der Waals surface area contributed by atoms with Gasteiger partial charge in [-0.05, 0) is 75.5 Å². The monoisotopic (exact) mass is 409 g/mol. The van der Waals surface area contributed by atoms with Crippen LogP contribution in [0.25, 0.3) is 6.08 Å². The first-order valence-corrected chi connectivity index (χ1v) is 9.39. The number of rotatable bonds is 4. The van der Waals surface area contributed by atoms with Crippen LogP contribution >= 0.6 is 22.6 Å². The molecule has 1 aromatic carbocycles. The van der Waals surface area contributed by atoms with Crippen LogP contribution in [0, 0.1) is 5.92 Å². The summed E-state index contributed by atoms with van der Waals surface area (Å²) in [6.07, 6.45) is 6.33. The fourth-order valence-corrected chi connectivity index (χ4v) is 4.51. The molecule has 2 saturated heterocycles. The highest BCUT2D eigenvalue weighted by atomic mass is 127. The Kier molecular flexibility index (Phi) is 5.03. The molecule has 3 heteroatoms. The SMILES string of the molecule is CCC(=O)[C@@H]1C2CCC(C[C@@H]1c1ccc(/C=C(\C)I)cc1)N2. The highest BCUT2D eigenvalue weighted by Gasteiger charge is 2.44. The predicted molar refractivity (Wildman–Crippen MR) is 100 cm³/mol. The maximum Gasteiger partial charge on any atom is 0.137 e. The van der Waals surface area contributed by atoms with Crippen LogP contribution < -0.4 is 5.32 Å². The molecule has 2 bridgehead atoms. The lowest BCUT2D eigenvalue weighted by Gasteiger charge is -2.37. The fourth-order valence-electron chi connectivity index (χ4n) is 4.15. The molecule has 2 aliphatic heterocycles. The van der Waals surface area contributed by atoms with Gasteiger partial charge in [0.1, 0.15) is 5.78 Å². The van der Waals surface area contributed by atoms with E-state index in [-0.39, 0.29) is 5.92 Å². The van der Waals surface area contributed by atoms with Gasteiger partial charge >= 0.3 is 0 Å². The van der Waals surface area contributed by atoms with Crippen molar-refractivity contribution in [3.63, 3.8) is 0 Å². The number of halogens is 1. The van der Waals surface area contributed by atoms with Crippen molar-refractivity contribution in [3.8, 4) is 0 Å². The van der Waals surface area contributed by atoms with Gasteiger partial charge in [-0.3, -0.25) is 4.79 Å². The number of hydrogen-bond donors (Lipinski definition) is 1. The van der Waals surface area contributed by atoms with Crippen molar-refractivity contribution in [3.05, 3.63) is 39.0 Å². The zero-order chi connectivity index (χ0) is 15.7. The third-order valence-corrected chi connectivity index (χ3v) is 5.44. The van der Waals surface area contributed by atoms with E-state index in [4.69, 9.17) is 0 Å². The average molecular weight is 409 g/mol. The van der Waals surface area contributed by atoms with E-state index >= 15 is 0 Å². The molecule has 0 radical (unpaired) electrons. The lowest BCUT2D eigenvalue weighted by Crippen LogP contribution is -2.47. The number of carbonyl (C=O) groups is 1. The number of ketones is 1. The van der Waals surface area contributed by atoms with E-state index in [0.717, 1.165) is 12.8 Å². The molecule has 2 unspecified atom stereocenters. The average Bonchev–Trinajstić information content (AvgIpc) is 2.88. The number of piperidine rings is 1. The second kappa shape index (κ2) is 6.83. The van der Waals surface area contributed by atoms with Crippen LogP contribution in [0.5, 0.6) is 0 Å². The number of allylic oxidation sites excluding steroid dienone is 1. The number of hydrogen-bond acceptors (Lipinski definition) is 2. The molecule has 0 amide bonds. The summed E-state index contributed by atoms with van der Waals surface area (Å²) in [4.78, 5) is 12.5. The molecule has 1 aromatic rings.